The molecule has 0 aliphatic carbocycles. The van der Waals surface area contributed by atoms with Gasteiger partial charge in [-0.2, -0.15) is 13.2 Å². The van der Waals surface area contributed by atoms with Crippen LogP contribution in [0.1, 0.15) is 11.3 Å². The number of hydrogen-bond acceptors (Lipinski definition) is 3. The Bertz CT molecular complexity index is 435. The van der Waals surface area contributed by atoms with Gasteiger partial charge in [-0.25, -0.2) is 0 Å². The second-order valence-corrected chi connectivity index (χ2v) is 5.78. The molecule has 1 aromatic heterocycles. The smallest absolute Gasteiger partial charge is 0.372 e. The van der Waals surface area contributed by atoms with Crippen molar-refractivity contribution in [2.45, 2.75) is 19.0 Å². The van der Waals surface area contributed by atoms with Crippen LogP contribution in [0.25, 0.3) is 0 Å². The standard InChI is InChI=1S/C14H22F3N3OS/c1-18-13(19-7-4-9-21-11-14(15,16)17)20(2)8-6-12-5-3-10-22-12/h3,5,10H,4,6-9,11H2,1-2H3,(H,18,19). The molecule has 4 nitrogen and oxygen atoms in total. The molecule has 0 aliphatic heterocycles. The molecule has 22 heavy (non-hydrogen) atoms. The highest BCUT2D eigenvalue weighted by Crippen LogP contribution is 2.14. The quantitative estimate of drug-likeness (QED) is 0.450. The molecular weight excluding hydrogens is 315 g/mol. The van der Waals surface area contributed by atoms with Gasteiger partial charge in [0.1, 0.15) is 6.61 Å². The molecule has 8 heteroatoms. The molecule has 0 spiro atoms. The largest absolute Gasteiger partial charge is 0.411 e. The molecule has 0 amide bonds. The normalized spacial score (nSPS) is 12.5. The Kier molecular flexibility index (Phi) is 8.26. The van der Waals surface area contributed by atoms with Crippen LogP contribution in [-0.4, -0.2) is 57.4 Å². The molecule has 0 radical (unpaired) electrons. The van der Waals surface area contributed by atoms with E-state index in [0.717, 1.165) is 18.9 Å². The van der Waals surface area contributed by atoms with Crippen molar-refractivity contribution in [2.24, 2.45) is 4.99 Å². The summed E-state index contributed by atoms with van der Waals surface area (Å²) in [6.45, 7) is 0.226. The first kappa shape index (κ1) is 18.8. The molecule has 0 fully saturated rings. The predicted molar refractivity (Wildman–Crippen MR) is 83.5 cm³/mol. The summed E-state index contributed by atoms with van der Waals surface area (Å²) in [7, 11) is 3.62. The summed E-state index contributed by atoms with van der Waals surface area (Å²) >= 11 is 1.72. The summed E-state index contributed by atoms with van der Waals surface area (Å²) in [4.78, 5) is 7.46. The van der Waals surface area contributed by atoms with Crippen LogP contribution < -0.4 is 5.32 Å². The van der Waals surface area contributed by atoms with E-state index >= 15 is 0 Å². The molecule has 0 bridgehead atoms. The summed E-state index contributed by atoms with van der Waals surface area (Å²) < 4.78 is 40.2. The van der Waals surface area contributed by atoms with Crippen LogP contribution in [0.2, 0.25) is 0 Å². The number of guanidine groups is 1. The maximum atomic E-state index is 11.9. The van der Waals surface area contributed by atoms with Gasteiger partial charge in [-0.15, -0.1) is 11.3 Å². The van der Waals surface area contributed by atoms with Gasteiger partial charge in [0.15, 0.2) is 5.96 Å². The number of aliphatic imine (C=N–C) groups is 1. The lowest BCUT2D eigenvalue weighted by atomic mass is 10.3. The molecule has 126 valence electrons. The number of likely N-dealkylation sites (N-methyl/N-ethyl adjacent to an activating group) is 1. The summed E-state index contributed by atoms with van der Waals surface area (Å²) in [5.74, 6) is 0.729. The average molecular weight is 337 g/mol. The van der Waals surface area contributed by atoms with Crippen molar-refractivity contribution in [3.05, 3.63) is 22.4 Å². The lowest BCUT2D eigenvalue weighted by Gasteiger charge is -2.21. The minimum Gasteiger partial charge on any atom is -0.372 e. The van der Waals surface area contributed by atoms with Crippen molar-refractivity contribution in [3.63, 3.8) is 0 Å². The molecule has 1 rings (SSSR count). The maximum Gasteiger partial charge on any atom is 0.411 e. The van der Waals surface area contributed by atoms with E-state index in [-0.39, 0.29) is 6.61 Å². The number of ether oxygens (including phenoxy) is 1. The zero-order valence-electron chi connectivity index (χ0n) is 12.8. The van der Waals surface area contributed by atoms with Crippen LogP contribution in [0.15, 0.2) is 22.5 Å². The topological polar surface area (TPSA) is 36.9 Å². The highest BCUT2D eigenvalue weighted by Gasteiger charge is 2.27. The minimum atomic E-state index is -4.26. The number of hydrogen-bond donors (Lipinski definition) is 1. The summed E-state index contributed by atoms with van der Waals surface area (Å²) in [6.07, 6.45) is -2.83. The van der Waals surface area contributed by atoms with Crippen molar-refractivity contribution in [2.75, 3.05) is 40.4 Å². The Morgan fingerprint density at radius 1 is 1.45 bits per heavy atom. The van der Waals surface area contributed by atoms with Crippen LogP contribution in [0.5, 0.6) is 0 Å². The molecule has 1 aromatic rings. The Hall–Kier alpha value is -1.28. The first-order valence-corrected chi connectivity index (χ1v) is 7.89. The number of alkyl halides is 3. The van der Waals surface area contributed by atoms with E-state index in [4.69, 9.17) is 0 Å². The Morgan fingerprint density at radius 2 is 2.23 bits per heavy atom. The summed E-state index contributed by atoms with van der Waals surface area (Å²) in [6, 6.07) is 4.11. The van der Waals surface area contributed by atoms with Crippen LogP contribution in [0.3, 0.4) is 0 Å². The van der Waals surface area contributed by atoms with Gasteiger partial charge in [0, 0.05) is 38.7 Å². The molecule has 0 unspecified atom stereocenters. The molecule has 0 saturated carbocycles. The second-order valence-electron chi connectivity index (χ2n) is 4.75. The Morgan fingerprint density at radius 3 is 2.82 bits per heavy atom. The van der Waals surface area contributed by atoms with Crippen LogP contribution in [0, 0.1) is 0 Å². The van der Waals surface area contributed by atoms with E-state index in [2.05, 4.69) is 21.1 Å². The van der Waals surface area contributed by atoms with E-state index in [9.17, 15) is 13.2 Å². The third-order valence-electron chi connectivity index (χ3n) is 2.86. The number of halogens is 3. The van der Waals surface area contributed by atoms with Gasteiger partial charge >= 0.3 is 6.18 Å². The monoisotopic (exact) mass is 337 g/mol. The SMILES string of the molecule is CN=C(NCCCOCC(F)(F)F)N(C)CCc1cccs1. The van der Waals surface area contributed by atoms with E-state index in [1.165, 1.54) is 4.88 Å². The van der Waals surface area contributed by atoms with Gasteiger partial charge in [-0.3, -0.25) is 4.99 Å². The molecule has 0 saturated heterocycles. The van der Waals surface area contributed by atoms with Gasteiger partial charge < -0.3 is 15.0 Å². The summed E-state index contributed by atoms with van der Waals surface area (Å²) in [5, 5.41) is 5.16. The Labute approximate surface area is 133 Å². The lowest BCUT2D eigenvalue weighted by Crippen LogP contribution is -2.40. The van der Waals surface area contributed by atoms with Crippen molar-refractivity contribution in [3.8, 4) is 0 Å². The number of rotatable bonds is 8. The Balaban J connectivity index is 2.16. The zero-order valence-corrected chi connectivity index (χ0v) is 13.6. The second kappa shape index (κ2) is 9.68. The highest BCUT2D eigenvalue weighted by molar-refractivity contribution is 7.09. The van der Waals surface area contributed by atoms with Crippen molar-refractivity contribution >= 4 is 17.3 Å². The molecule has 1 heterocycles. The molecule has 0 atom stereocenters. The first-order valence-electron chi connectivity index (χ1n) is 7.01. The van der Waals surface area contributed by atoms with Gasteiger partial charge in [0.2, 0.25) is 0 Å². The summed E-state index contributed by atoms with van der Waals surface area (Å²) in [5.41, 5.74) is 0. The van der Waals surface area contributed by atoms with E-state index in [0.29, 0.717) is 13.0 Å². The van der Waals surface area contributed by atoms with Crippen LogP contribution >= 0.6 is 11.3 Å². The molecular formula is C14H22F3N3OS. The highest BCUT2D eigenvalue weighted by atomic mass is 32.1. The van der Waals surface area contributed by atoms with E-state index < -0.39 is 12.8 Å². The van der Waals surface area contributed by atoms with Gasteiger partial charge in [0.05, 0.1) is 0 Å². The molecule has 1 N–H and O–H groups in total. The fourth-order valence-electron chi connectivity index (χ4n) is 1.79. The predicted octanol–water partition coefficient (Wildman–Crippen LogP) is 2.77. The van der Waals surface area contributed by atoms with Crippen molar-refractivity contribution in [1.29, 1.82) is 0 Å². The minimum absolute atomic E-state index is 0.0718. The van der Waals surface area contributed by atoms with E-state index in [1.54, 1.807) is 18.4 Å². The maximum absolute atomic E-state index is 11.9. The fraction of sp³-hybridized carbons (Fsp3) is 0.643. The lowest BCUT2D eigenvalue weighted by molar-refractivity contribution is -0.173. The van der Waals surface area contributed by atoms with Crippen LogP contribution in [0.4, 0.5) is 13.2 Å². The number of nitrogens with one attached hydrogen (secondary N) is 1. The molecule has 0 aliphatic rings. The third kappa shape index (κ3) is 8.23. The number of nitrogens with zero attached hydrogens (tertiary/aromatic N) is 2. The first-order chi connectivity index (χ1) is 10.4. The van der Waals surface area contributed by atoms with Crippen molar-refractivity contribution < 1.29 is 17.9 Å². The van der Waals surface area contributed by atoms with E-state index in [1.807, 2.05) is 23.4 Å². The third-order valence-corrected chi connectivity index (χ3v) is 3.80. The van der Waals surface area contributed by atoms with Gasteiger partial charge in [0.25, 0.3) is 0 Å². The fourth-order valence-corrected chi connectivity index (χ4v) is 2.48. The molecule has 0 aromatic carbocycles. The zero-order chi connectivity index (χ0) is 16.4. The van der Waals surface area contributed by atoms with Crippen LogP contribution in [-0.2, 0) is 11.2 Å². The van der Waals surface area contributed by atoms with Gasteiger partial charge in [-0.05, 0) is 24.3 Å². The van der Waals surface area contributed by atoms with Crippen molar-refractivity contribution in [1.82, 2.24) is 10.2 Å². The average Bonchev–Trinajstić information content (AvgIpc) is 2.96. The number of thiophene rings is 1. The van der Waals surface area contributed by atoms with Gasteiger partial charge in [-0.1, -0.05) is 6.07 Å².